The number of amides is 2. The van der Waals surface area contributed by atoms with Crippen LogP contribution in [0.5, 0.6) is 0 Å². The van der Waals surface area contributed by atoms with Crippen molar-refractivity contribution < 1.29 is 38.9 Å². The van der Waals surface area contributed by atoms with E-state index in [0.717, 1.165) is 84.4 Å². The number of esters is 2. The van der Waals surface area contributed by atoms with Crippen LogP contribution in [0.3, 0.4) is 0 Å². The topological polar surface area (TPSA) is 162 Å². The summed E-state index contributed by atoms with van der Waals surface area (Å²) in [6, 6.07) is 18.1. The van der Waals surface area contributed by atoms with Gasteiger partial charge in [-0.2, -0.15) is 0 Å². The zero-order valence-electron chi connectivity index (χ0n) is 47.4. The molecular weight excluding hydrogens is 977 g/mol. The fourth-order valence-electron chi connectivity index (χ4n) is 13.8. The number of aliphatic hydroxyl groups is 2. The number of hydrogen-bond donors (Lipinski definition) is 3. The van der Waals surface area contributed by atoms with Gasteiger partial charge < -0.3 is 34.5 Å². The molecule has 2 aliphatic heterocycles. The highest BCUT2D eigenvalue weighted by Gasteiger charge is 2.45. The van der Waals surface area contributed by atoms with Gasteiger partial charge in [0, 0.05) is 64.8 Å². The highest BCUT2D eigenvalue weighted by Crippen LogP contribution is 2.48. The molecule has 2 saturated heterocycles. The molecule has 3 N–H and O–H groups in total. The summed E-state index contributed by atoms with van der Waals surface area (Å²) in [6.45, 7) is 17.3. The van der Waals surface area contributed by atoms with Crippen LogP contribution in [-0.4, -0.2) is 85.3 Å². The number of carbonyl (C=O) groups is 4. The summed E-state index contributed by atoms with van der Waals surface area (Å²) in [5.74, 6) is 1.89. The highest BCUT2D eigenvalue weighted by atomic mass is 16.5. The van der Waals surface area contributed by atoms with E-state index in [1.54, 1.807) is 0 Å². The van der Waals surface area contributed by atoms with Crippen LogP contribution in [0.1, 0.15) is 138 Å². The molecule has 2 fully saturated rings. The second kappa shape index (κ2) is 25.1. The number of para-hydroxylation sites is 1. The summed E-state index contributed by atoms with van der Waals surface area (Å²) in [7, 11) is 0. The van der Waals surface area contributed by atoms with Crippen LogP contribution in [0, 0.1) is 59.2 Å². The minimum atomic E-state index is -0.612. The number of piperidine rings is 2. The van der Waals surface area contributed by atoms with Crippen molar-refractivity contribution in [1.82, 2.24) is 14.9 Å². The number of fused-ring (bicyclic) bond motifs is 4. The summed E-state index contributed by atoms with van der Waals surface area (Å²) in [4.78, 5) is 63.8. The highest BCUT2D eigenvalue weighted by molar-refractivity contribution is 5.97. The van der Waals surface area contributed by atoms with Gasteiger partial charge in [0.1, 0.15) is 12.2 Å². The number of benzene rings is 2. The number of anilines is 1. The number of likely N-dealkylation sites (tertiary alicyclic amines) is 1. The zero-order chi connectivity index (χ0) is 55.4. The Balaban J connectivity index is 0.000000190. The Morgan fingerprint density at radius 2 is 1.26 bits per heavy atom. The number of pyridine rings is 1. The molecule has 4 heterocycles. The lowest BCUT2D eigenvalue weighted by molar-refractivity contribution is -0.159. The zero-order valence-corrected chi connectivity index (χ0v) is 47.4. The molecule has 0 radical (unpaired) electrons. The molecule has 2 amide bonds. The van der Waals surface area contributed by atoms with Crippen LogP contribution in [0.4, 0.5) is 5.69 Å². The number of hydrogen-bond acceptors (Lipinski definition) is 9. The number of rotatable bonds is 15. The molecule has 0 saturated carbocycles. The minimum Gasteiger partial charge on any atom is -0.461 e. The van der Waals surface area contributed by atoms with E-state index in [2.05, 4.69) is 86.3 Å². The number of nitrogens with zero attached hydrogens (tertiary/aromatic N) is 3. The summed E-state index contributed by atoms with van der Waals surface area (Å²) in [5.41, 5.74) is 6.44. The van der Waals surface area contributed by atoms with Crippen LogP contribution < -0.4 is 4.90 Å². The number of aromatic nitrogens is 2. The van der Waals surface area contributed by atoms with Crippen molar-refractivity contribution >= 4 is 51.2 Å². The number of ether oxygens (including phenoxy) is 2. The third-order valence-corrected chi connectivity index (χ3v) is 18.5. The van der Waals surface area contributed by atoms with Gasteiger partial charge in [-0.25, -0.2) is 0 Å². The van der Waals surface area contributed by atoms with Gasteiger partial charge in [0.25, 0.3) is 0 Å². The SMILES string of the molecule is CC[C@H](C)C(=O)O[C@H]1CC(C)C=C2C=C[C@H](C)[C@H](CCC3C[C@@H](O)CC(=O)N3Cc3cnc4ccccc4c3)[C@H]21.CC[C@H](C)C(=O)O[C@H]1C[C@@H](C)C=C2C=C[C@H](C)[C@H](CCC3C[C@@H](O)CC(=O)N3c3ccc4[nH]ccc4c3)[C@H]21. The van der Waals surface area contributed by atoms with Crippen LogP contribution in [0.15, 0.2) is 115 Å². The number of H-pyrrole nitrogens is 1. The van der Waals surface area contributed by atoms with Gasteiger partial charge in [-0.15, -0.1) is 0 Å². The average molecular weight is 1060 g/mol. The Morgan fingerprint density at radius 1 is 0.692 bits per heavy atom. The third-order valence-electron chi connectivity index (χ3n) is 18.5. The standard InChI is InChI=1S/C34H44N2O4.C32H42N2O4/c1-5-22(3)34(39)40-31-15-21(2)14-26-11-10-23(4)29(33(26)31)13-12-27-17-28(37)18-32(38)36(27)20-24-16-25-8-6-7-9-30(25)35-19-24;1-5-20(3)32(37)38-29-15-19(2)14-23-7-6-21(4)27(31(23)29)10-8-25-17-26(35)18-30(36)34(25)24-9-11-28-22(16-24)12-13-33-28/h6-11,14,16,19,21-23,27-29,31,33,37H,5,12-13,15,17-18,20H2,1-4H3;6-7,9,11-14,16,19-21,25-27,29,31,33,35H,5,8,10,15,17-18H2,1-4H3/t21?,22-,23-,27?,28+,29-,31-,33-;19-,20-,21-,25?,26+,27-,29-,31-/m00/s1. The van der Waals surface area contributed by atoms with Crippen LogP contribution in [0.2, 0.25) is 0 Å². The molecule has 3 unspecified atom stereocenters. The van der Waals surface area contributed by atoms with Crippen LogP contribution in [0.25, 0.3) is 21.8 Å². The first-order valence-electron chi connectivity index (χ1n) is 29.6. The molecule has 12 nitrogen and oxygen atoms in total. The first-order valence-corrected chi connectivity index (χ1v) is 29.6. The summed E-state index contributed by atoms with van der Waals surface area (Å²) in [6.07, 6.45) is 24.1. The van der Waals surface area contributed by atoms with Gasteiger partial charge in [-0.05, 0) is 153 Å². The maximum absolute atomic E-state index is 13.2. The Morgan fingerprint density at radius 3 is 1.86 bits per heavy atom. The summed E-state index contributed by atoms with van der Waals surface area (Å²) in [5, 5.41) is 23.2. The van der Waals surface area contributed by atoms with E-state index < -0.39 is 12.2 Å². The number of aromatic amines is 1. The fraction of sp³-hybridized carbons (Fsp3) is 0.561. The van der Waals surface area contributed by atoms with E-state index in [4.69, 9.17) is 9.47 Å². The summed E-state index contributed by atoms with van der Waals surface area (Å²) < 4.78 is 12.4. The lowest BCUT2D eigenvalue weighted by atomic mass is 9.65. The van der Waals surface area contributed by atoms with Crippen molar-refractivity contribution in [1.29, 1.82) is 0 Å². The fourth-order valence-corrected chi connectivity index (χ4v) is 13.8. The molecule has 4 aliphatic carbocycles. The number of carbonyl (C=O) groups excluding carboxylic acids is 4. The Bertz CT molecular complexity index is 2900. The predicted octanol–water partition coefficient (Wildman–Crippen LogP) is 12.4. The second-order valence-corrected chi connectivity index (χ2v) is 24.4. The molecule has 12 heteroatoms. The Hall–Kier alpha value is -5.85. The van der Waals surface area contributed by atoms with Crippen molar-refractivity contribution in [3.05, 3.63) is 120 Å². The maximum Gasteiger partial charge on any atom is 0.308 e. The quantitative estimate of drug-likeness (QED) is 0.0984. The maximum atomic E-state index is 13.2. The first-order chi connectivity index (χ1) is 37.5. The van der Waals surface area contributed by atoms with Gasteiger partial charge >= 0.3 is 11.9 Å². The van der Waals surface area contributed by atoms with E-state index in [9.17, 15) is 29.4 Å². The molecule has 10 rings (SSSR count). The monoisotopic (exact) mass is 1060 g/mol. The van der Waals surface area contributed by atoms with Gasteiger partial charge in [0.05, 0.1) is 42.4 Å². The molecule has 0 bridgehead atoms. The van der Waals surface area contributed by atoms with Gasteiger partial charge in [0.2, 0.25) is 11.8 Å². The first kappa shape index (κ1) is 56.9. The average Bonchev–Trinajstić information content (AvgIpc) is 3.99. The lowest BCUT2D eigenvalue weighted by Gasteiger charge is -2.44. The van der Waals surface area contributed by atoms with Gasteiger partial charge in [-0.1, -0.05) is 110 Å². The molecule has 78 heavy (non-hydrogen) atoms. The van der Waals surface area contributed by atoms with Crippen molar-refractivity contribution in [2.45, 2.75) is 175 Å². The number of allylic oxidation sites excluding steroid dienone is 6. The lowest BCUT2D eigenvalue weighted by Crippen LogP contribution is -2.49. The largest absolute Gasteiger partial charge is 0.461 e. The molecule has 6 aliphatic rings. The molecule has 2 aromatic carbocycles. The molecule has 2 aromatic heterocycles. The van der Waals surface area contributed by atoms with E-state index in [1.807, 2.05) is 92.4 Å². The van der Waals surface area contributed by atoms with Gasteiger partial charge in [0.15, 0.2) is 0 Å². The molecule has 4 aromatic rings. The Labute approximate surface area is 462 Å². The van der Waals surface area contributed by atoms with Crippen LogP contribution in [-0.2, 0) is 35.2 Å². The van der Waals surface area contributed by atoms with E-state index in [0.29, 0.717) is 54.9 Å². The predicted molar refractivity (Wildman–Crippen MR) is 308 cm³/mol. The third kappa shape index (κ3) is 12.9. The van der Waals surface area contributed by atoms with Crippen molar-refractivity contribution in [3.8, 4) is 0 Å². The minimum absolute atomic E-state index is 0.000864. The van der Waals surface area contributed by atoms with Crippen molar-refractivity contribution in [2.24, 2.45) is 59.2 Å². The van der Waals surface area contributed by atoms with Crippen molar-refractivity contribution in [2.75, 3.05) is 4.90 Å². The van der Waals surface area contributed by atoms with E-state index in [-0.39, 0.29) is 84.6 Å². The van der Waals surface area contributed by atoms with Crippen molar-refractivity contribution in [3.63, 3.8) is 0 Å². The Kier molecular flexibility index (Phi) is 18.3. The van der Waals surface area contributed by atoms with Gasteiger partial charge in [-0.3, -0.25) is 24.2 Å². The molecule has 418 valence electrons. The number of aliphatic hydroxyl groups excluding tert-OH is 2. The summed E-state index contributed by atoms with van der Waals surface area (Å²) >= 11 is 0. The molecule has 16 atom stereocenters. The van der Waals surface area contributed by atoms with E-state index >= 15 is 0 Å². The van der Waals surface area contributed by atoms with Crippen LogP contribution >= 0.6 is 0 Å². The second-order valence-electron chi connectivity index (χ2n) is 24.4. The molecule has 0 spiro atoms. The van der Waals surface area contributed by atoms with E-state index in [1.165, 1.54) is 11.1 Å². The normalized spacial score (nSPS) is 31.6. The molecular formula is C66H86N4O8. The number of nitrogens with one attached hydrogen (secondary N) is 1. The smallest absolute Gasteiger partial charge is 0.308 e.